The first-order valence-electron chi connectivity index (χ1n) is 5.13. The quantitative estimate of drug-likeness (QED) is 0.820. The van der Waals surface area contributed by atoms with E-state index in [0.29, 0.717) is 11.8 Å². The van der Waals surface area contributed by atoms with E-state index in [1.165, 1.54) is 0 Å². The largest absolute Gasteiger partial charge is 0.493 e. The van der Waals surface area contributed by atoms with Gasteiger partial charge in [-0.05, 0) is 24.3 Å². The van der Waals surface area contributed by atoms with Gasteiger partial charge in [0.15, 0.2) is 11.5 Å². The number of methoxy groups -OCH3 is 2. The Kier molecular flexibility index (Phi) is 2.82. The zero-order valence-corrected chi connectivity index (χ0v) is 9.06. The van der Waals surface area contributed by atoms with Crippen LogP contribution in [0, 0.1) is 5.92 Å². The fourth-order valence-corrected chi connectivity index (χ4v) is 2.03. The summed E-state index contributed by atoms with van der Waals surface area (Å²) in [7, 11) is 3.29. The molecule has 3 nitrogen and oxygen atoms in total. The van der Waals surface area contributed by atoms with Crippen molar-refractivity contribution in [2.45, 2.75) is 12.3 Å². The molecule has 1 N–H and O–H groups in total. The summed E-state index contributed by atoms with van der Waals surface area (Å²) in [6.07, 6.45) is 1.04. The Morgan fingerprint density at radius 1 is 1.33 bits per heavy atom. The van der Waals surface area contributed by atoms with E-state index in [0.717, 1.165) is 23.5 Å². The van der Waals surface area contributed by atoms with Crippen molar-refractivity contribution in [3.05, 3.63) is 23.8 Å². The summed E-state index contributed by atoms with van der Waals surface area (Å²) >= 11 is 0. The summed E-state index contributed by atoms with van der Waals surface area (Å²) < 4.78 is 10.6. The van der Waals surface area contributed by atoms with Gasteiger partial charge in [-0.3, -0.25) is 0 Å². The third kappa shape index (κ3) is 1.79. The third-order valence-corrected chi connectivity index (χ3v) is 2.99. The maximum absolute atomic E-state index is 9.06. The van der Waals surface area contributed by atoms with E-state index in [9.17, 15) is 0 Å². The molecule has 1 fully saturated rings. The van der Waals surface area contributed by atoms with Crippen LogP contribution in [0.25, 0.3) is 0 Å². The molecule has 0 bridgehead atoms. The van der Waals surface area contributed by atoms with E-state index in [1.807, 2.05) is 18.2 Å². The van der Waals surface area contributed by atoms with Gasteiger partial charge < -0.3 is 14.6 Å². The lowest BCUT2D eigenvalue weighted by molar-refractivity contribution is 0.273. The molecule has 0 aromatic heterocycles. The second-order valence-corrected chi connectivity index (χ2v) is 3.87. The number of aliphatic hydroxyl groups is 1. The standard InChI is InChI=1S/C12H16O3/c1-14-11-5-3-4-9(12(11)15-2)10-6-8(10)7-13/h3-5,8,10,13H,6-7H2,1-2H3/t8-,10+/m0/s1. The zero-order valence-electron chi connectivity index (χ0n) is 9.06. The molecule has 15 heavy (non-hydrogen) atoms. The van der Waals surface area contributed by atoms with Crippen LogP contribution in [0.4, 0.5) is 0 Å². The molecule has 1 saturated carbocycles. The SMILES string of the molecule is COc1cccc([C@@H]2C[C@H]2CO)c1OC. The zero-order chi connectivity index (χ0) is 10.8. The number of hydrogen-bond donors (Lipinski definition) is 1. The monoisotopic (exact) mass is 208 g/mol. The summed E-state index contributed by atoms with van der Waals surface area (Å²) in [5.41, 5.74) is 1.15. The van der Waals surface area contributed by atoms with Crippen molar-refractivity contribution in [2.24, 2.45) is 5.92 Å². The van der Waals surface area contributed by atoms with Crippen LogP contribution in [0.1, 0.15) is 17.9 Å². The van der Waals surface area contributed by atoms with Crippen molar-refractivity contribution >= 4 is 0 Å². The highest BCUT2D eigenvalue weighted by molar-refractivity contribution is 5.50. The van der Waals surface area contributed by atoms with Crippen molar-refractivity contribution in [3.63, 3.8) is 0 Å². The highest BCUT2D eigenvalue weighted by atomic mass is 16.5. The molecule has 0 spiro atoms. The molecule has 1 aromatic carbocycles. The summed E-state index contributed by atoms with van der Waals surface area (Å²) in [5, 5.41) is 9.06. The van der Waals surface area contributed by atoms with Gasteiger partial charge in [0.25, 0.3) is 0 Å². The molecule has 0 heterocycles. The van der Waals surface area contributed by atoms with Crippen LogP contribution < -0.4 is 9.47 Å². The molecule has 82 valence electrons. The minimum absolute atomic E-state index is 0.255. The van der Waals surface area contributed by atoms with E-state index < -0.39 is 0 Å². The van der Waals surface area contributed by atoms with E-state index in [-0.39, 0.29) is 6.61 Å². The van der Waals surface area contributed by atoms with Gasteiger partial charge in [-0.15, -0.1) is 0 Å². The molecule has 2 rings (SSSR count). The van der Waals surface area contributed by atoms with Crippen LogP contribution in [0.3, 0.4) is 0 Å². The summed E-state index contributed by atoms with van der Waals surface area (Å²) in [5.74, 6) is 2.39. The number of para-hydroxylation sites is 1. The molecule has 1 aliphatic rings. The average molecular weight is 208 g/mol. The molecule has 0 unspecified atom stereocenters. The molecule has 2 atom stereocenters. The highest BCUT2D eigenvalue weighted by Gasteiger charge is 2.39. The molecule has 1 aliphatic carbocycles. The molecular weight excluding hydrogens is 192 g/mol. The number of ether oxygens (including phenoxy) is 2. The average Bonchev–Trinajstić information content (AvgIpc) is 3.07. The number of aliphatic hydroxyl groups excluding tert-OH is 1. The Morgan fingerprint density at radius 2 is 2.13 bits per heavy atom. The molecule has 1 aromatic rings. The summed E-state index contributed by atoms with van der Waals surface area (Å²) in [6, 6.07) is 5.89. The topological polar surface area (TPSA) is 38.7 Å². The minimum atomic E-state index is 0.255. The van der Waals surface area contributed by atoms with Crippen LogP contribution in [-0.2, 0) is 0 Å². The van der Waals surface area contributed by atoms with E-state index >= 15 is 0 Å². The molecular formula is C12H16O3. The van der Waals surface area contributed by atoms with Crippen molar-refractivity contribution in [3.8, 4) is 11.5 Å². The maximum atomic E-state index is 9.06. The lowest BCUT2D eigenvalue weighted by Gasteiger charge is -2.12. The van der Waals surface area contributed by atoms with E-state index in [4.69, 9.17) is 14.6 Å². The van der Waals surface area contributed by atoms with Gasteiger partial charge in [-0.25, -0.2) is 0 Å². The molecule has 0 saturated heterocycles. The molecule has 3 heteroatoms. The van der Waals surface area contributed by atoms with Gasteiger partial charge in [0, 0.05) is 12.2 Å². The summed E-state index contributed by atoms with van der Waals surface area (Å²) in [6.45, 7) is 0.255. The van der Waals surface area contributed by atoms with Crippen molar-refractivity contribution < 1.29 is 14.6 Å². The normalized spacial score (nSPS) is 23.7. The van der Waals surface area contributed by atoms with Crippen LogP contribution >= 0.6 is 0 Å². The predicted octanol–water partition coefficient (Wildman–Crippen LogP) is 1.80. The summed E-state index contributed by atoms with van der Waals surface area (Å²) in [4.78, 5) is 0. The van der Waals surface area contributed by atoms with E-state index in [2.05, 4.69) is 0 Å². The predicted molar refractivity (Wildman–Crippen MR) is 57.5 cm³/mol. The van der Waals surface area contributed by atoms with Gasteiger partial charge in [0.05, 0.1) is 14.2 Å². The number of benzene rings is 1. The van der Waals surface area contributed by atoms with Gasteiger partial charge in [0.1, 0.15) is 0 Å². The Morgan fingerprint density at radius 3 is 2.67 bits per heavy atom. The Bertz CT molecular complexity index is 349. The fraction of sp³-hybridized carbons (Fsp3) is 0.500. The second-order valence-electron chi connectivity index (χ2n) is 3.87. The Balaban J connectivity index is 2.31. The van der Waals surface area contributed by atoms with Crippen LogP contribution in [-0.4, -0.2) is 25.9 Å². The van der Waals surface area contributed by atoms with Gasteiger partial charge in [-0.1, -0.05) is 12.1 Å². The first kappa shape index (κ1) is 10.3. The second kappa shape index (κ2) is 4.11. The molecule has 0 radical (unpaired) electrons. The van der Waals surface area contributed by atoms with Crippen LogP contribution in [0.2, 0.25) is 0 Å². The smallest absolute Gasteiger partial charge is 0.164 e. The minimum Gasteiger partial charge on any atom is -0.493 e. The van der Waals surface area contributed by atoms with E-state index in [1.54, 1.807) is 14.2 Å². The van der Waals surface area contributed by atoms with Crippen molar-refractivity contribution in [1.82, 2.24) is 0 Å². The fourth-order valence-electron chi connectivity index (χ4n) is 2.03. The van der Waals surface area contributed by atoms with Crippen molar-refractivity contribution in [1.29, 1.82) is 0 Å². The molecule has 0 amide bonds. The first-order valence-corrected chi connectivity index (χ1v) is 5.13. The lowest BCUT2D eigenvalue weighted by atomic mass is 10.1. The lowest BCUT2D eigenvalue weighted by Crippen LogP contribution is -1.96. The maximum Gasteiger partial charge on any atom is 0.164 e. The highest BCUT2D eigenvalue weighted by Crippen LogP contribution is 2.51. The third-order valence-electron chi connectivity index (χ3n) is 2.99. The first-order chi connectivity index (χ1) is 7.31. The van der Waals surface area contributed by atoms with Gasteiger partial charge in [0.2, 0.25) is 0 Å². The van der Waals surface area contributed by atoms with Crippen molar-refractivity contribution in [2.75, 3.05) is 20.8 Å². The van der Waals surface area contributed by atoms with Gasteiger partial charge in [-0.2, -0.15) is 0 Å². The number of rotatable bonds is 4. The van der Waals surface area contributed by atoms with Crippen LogP contribution in [0.5, 0.6) is 11.5 Å². The number of hydrogen-bond acceptors (Lipinski definition) is 3. The Labute approximate surface area is 89.6 Å². The Hall–Kier alpha value is -1.22. The van der Waals surface area contributed by atoms with Gasteiger partial charge >= 0.3 is 0 Å². The molecule has 0 aliphatic heterocycles. The van der Waals surface area contributed by atoms with Crippen LogP contribution in [0.15, 0.2) is 18.2 Å².